The molecule has 0 heterocycles. The van der Waals surface area contributed by atoms with Crippen molar-refractivity contribution in [1.29, 1.82) is 0 Å². The van der Waals surface area contributed by atoms with Crippen LogP contribution in [0.25, 0.3) is 12.2 Å². The van der Waals surface area contributed by atoms with Gasteiger partial charge in [0.15, 0.2) is 0 Å². The lowest BCUT2D eigenvalue weighted by molar-refractivity contribution is -0.167. The Labute approximate surface area is 119 Å². The van der Waals surface area contributed by atoms with Gasteiger partial charge in [0, 0.05) is 5.69 Å². The molecule has 108 valence electrons. The van der Waals surface area contributed by atoms with Crippen molar-refractivity contribution in [2.75, 3.05) is 5.32 Å². The van der Waals surface area contributed by atoms with E-state index in [2.05, 4.69) is 0 Å². The smallest absolute Gasteiger partial charge is 0.318 e. The molecule has 0 bridgehead atoms. The molecule has 21 heavy (non-hydrogen) atoms. The summed E-state index contributed by atoms with van der Waals surface area (Å²) in [6.45, 7) is 0. The van der Waals surface area contributed by atoms with E-state index in [1.54, 1.807) is 17.4 Å². The second-order valence-corrected chi connectivity index (χ2v) is 4.32. The largest absolute Gasteiger partial charge is 0.471 e. The third kappa shape index (κ3) is 4.49. The Morgan fingerprint density at radius 1 is 0.857 bits per heavy atom. The van der Waals surface area contributed by atoms with E-state index in [0.717, 1.165) is 11.1 Å². The van der Waals surface area contributed by atoms with Gasteiger partial charge in [-0.15, -0.1) is 0 Å². The van der Waals surface area contributed by atoms with Crippen molar-refractivity contribution in [3.8, 4) is 0 Å². The summed E-state index contributed by atoms with van der Waals surface area (Å²) < 4.78 is 36.3. The van der Waals surface area contributed by atoms with Crippen LogP contribution in [0.1, 0.15) is 11.1 Å². The Balaban J connectivity index is 2.03. The molecule has 2 aromatic carbocycles. The highest BCUT2D eigenvalue weighted by Crippen LogP contribution is 2.19. The molecule has 2 rings (SSSR count). The van der Waals surface area contributed by atoms with E-state index in [9.17, 15) is 18.0 Å². The third-order valence-electron chi connectivity index (χ3n) is 2.69. The molecule has 0 unspecified atom stereocenters. The van der Waals surface area contributed by atoms with Crippen molar-refractivity contribution in [2.24, 2.45) is 0 Å². The summed E-state index contributed by atoms with van der Waals surface area (Å²) >= 11 is 0. The van der Waals surface area contributed by atoms with Crippen LogP contribution in [0.15, 0.2) is 54.6 Å². The molecule has 1 N–H and O–H groups in total. The molecule has 0 aliphatic carbocycles. The molecule has 0 aliphatic rings. The average molecular weight is 291 g/mol. The molecular weight excluding hydrogens is 279 g/mol. The number of alkyl halides is 3. The van der Waals surface area contributed by atoms with E-state index in [4.69, 9.17) is 0 Å². The Bertz CT molecular complexity index is 631. The Kier molecular flexibility index (Phi) is 4.42. The van der Waals surface area contributed by atoms with Gasteiger partial charge in [0.05, 0.1) is 0 Å². The molecule has 1 amide bonds. The van der Waals surface area contributed by atoms with Gasteiger partial charge in [-0.3, -0.25) is 4.79 Å². The lowest BCUT2D eigenvalue weighted by Crippen LogP contribution is -2.29. The minimum Gasteiger partial charge on any atom is -0.318 e. The maximum Gasteiger partial charge on any atom is 0.471 e. The summed E-state index contributed by atoms with van der Waals surface area (Å²) in [7, 11) is 0. The first-order valence-corrected chi connectivity index (χ1v) is 6.16. The number of rotatable bonds is 3. The van der Waals surface area contributed by atoms with Crippen LogP contribution < -0.4 is 5.32 Å². The molecular formula is C16H12F3NO. The van der Waals surface area contributed by atoms with Gasteiger partial charge < -0.3 is 5.32 Å². The predicted molar refractivity (Wildman–Crippen MR) is 76.5 cm³/mol. The first kappa shape index (κ1) is 14.8. The van der Waals surface area contributed by atoms with Gasteiger partial charge in [-0.05, 0) is 23.3 Å². The van der Waals surface area contributed by atoms with Gasteiger partial charge in [0.1, 0.15) is 0 Å². The minimum absolute atomic E-state index is 0.106. The number of hydrogen-bond donors (Lipinski definition) is 1. The monoisotopic (exact) mass is 291 g/mol. The molecule has 0 spiro atoms. The lowest BCUT2D eigenvalue weighted by Gasteiger charge is -2.07. The van der Waals surface area contributed by atoms with Crippen LogP contribution in [0.3, 0.4) is 0 Å². The van der Waals surface area contributed by atoms with Crippen LogP contribution >= 0.6 is 0 Å². The number of benzene rings is 2. The number of anilines is 1. The summed E-state index contributed by atoms with van der Waals surface area (Å²) in [6, 6.07) is 15.7. The number of carbonyl (C=O) groups is 1. The van der Waals surface area contributed by atoms with Crippen LogP contribution in [-0.4, -0.2) is 12.1 Å². The first-order chi connectivity index (χ1) is 9.95. The fourth-order valence-corrected chi connectivity index (χ4v) is 1.64. The maximum absolute atomic E-state index is 12.1. The molecule has 0 radical (unpaired) electrons. The average Bonchev–Trinajstić information content (AvgIpc) is 2.46. The van der Waals surface area contributed by atoms with Crippen LogP contribution in [0.4, 0.5) is 18.9 Å². The van der Waals surface area contributed by atoms with E-state index in [-0.39, 0.29) is 5.69 Å². The van der Waals surface area contributed by atoms with Gasteiger partial charge in [0.2, 0.25) is 0 Å². The van der Waals surface area contributed by atoms with Gasteiger partial charge in [0.25, 0.3) is 0 Å². The van der Waals surface area contributed by atoms with E-state index in [0.29, 0.717) is 0 Å². The van der Waals surface area contributed by atoms with Gasteiger partial charge in [-0.1, -0.05) is 54.6 Å². The van der Waals surface area contributed by atoms with Crippen LogP contribution in [0.2, 0.25) is 0 Å². The molecule has 2 aromatic rings. The zero-order valence-electron chi connectivity index (χ0n) is 10.9. The zero-order chi connectivity index (χ0) is 15.3. The SMILES string of the molecule is O=C(Nc1ccc(/C=C/c2ccccc2)cc1)C(F)(F)F. The van der Waals surface area contributed by atoms with Gasteiger partial charge in [-0.25, -0.2) is 0 Å². The van der Waals surface area contributed by atoms with Crippen molar-refractivity contribution in [3.63, 3.8) is 0 Å². The summed E-state index contributed by atoms with van der Waals surface area (Å²) in [4.78, 5) is 10.8. The lowest BCUT2D eigenvalue weighted by atomic mass is 10.1. The highest BCUT2D eigenvalue weighted by molar-refractivity contribution is 5.95. The quantitative estimate of drug-likeness (QED) is 0.836. The molecule has 0 atom stereocenters. The number of carbonyl (C=O) groups excluding carboxylic acids is 1. The second kappa shape index (κ2) is 6.26. The topological polar surface area (TPSA) is 29.1 Å². The van der Waals surface area contributed by atoms with Crippen LogP contribution in [0.5, 0.6) is 0 Å². The third-order valence-corrected chi connectivity index (χ3v) is 2.69. The van der Waals surface area contributed by atoms with Crippen LogP contribution in [-0.2, 0) is 4.79 Å². The van der Waals surface area contributed by atoms with E-state index < -0.39 is 12.1 Å². The van der Waals surface area contributed by atoms with E-state index in [1.165, 1.54) is 12.1 Å². The molecule has 5 heteroatoms. The maximum atomic E-state index is 12.1. The van der Waals surface area contributed by atoms with Crippen molar-refractivity contribution in [2.45, 2.75) is 6.18 Å². The first-order valence-electron chi connectivity index (χ1n) is 6.16. The second-order valence-electron chi connectivity index (χ2n) is 4.32. The summed E-state index contributed by atoms with van der Waals surface area (Å²) in [5.74, 6) is -1.98. The standard InChI is InChI=1S/C16H12F3NO/c17-16(18,19)15(21)20-14-10-8-13(9-11-14)7-6-12-4-2-1-3-5-12/h1-11H,(H,20,21)/b7-6+. The molecule has 0 aromatic heterocycles. The molecule has 0 saturated heterocycles. The molecule has 0 fully saturated rings. The van der Waals surface area contributed by atoms with E-state index in [1.807, 2.05) is 42.5 Å². The molecule has 0 aliphatic heterocycles. The Morgan fingerprint density at radius 3 is 1.90 bits per heavy atom. The molecule has 2 nitrogen and oxygen atoms in total. The zero-order valence-corrected chi connectivity index (χ0v) is 10.9. The summed E-state index contributed by atoms with van der Waals surface area (Å²) in [5.41, 5.74) is 1.95. The highest BCUT2D eigenvalue weighted by atomic mass is 19.4. The summed E-state index contributed by atoms with van der Waals surface area (Å²) in [5, 5.41) is 1.79. The number of hydrogen-bond acceptors (Lipinski definition) is 1. The van der Waals surface area contributed by atoms with E-state index >= 15 is 0 Å². The summed E-state index contributed by atoms with van der Waals surface area (Å²) in [6.07, 6.45) is -1.15. The Morgan fingerprint density at radius 2 is 1.38 bits per heavy atom. The normalized spacial score (nSPS) is 11.6. The van der Waals surface area contributed by atoms with Crippen molar-refractivity contribution < 1.29 is 18.0 Å². The van der Waals surface area contributed by atoms with Crippen molar-refractivity contribution in [1.82, 2.24) is 0 Å². The van der Waals surface area contributed by atoms with Crippen molar-refractivity contribution >= 4 is 23.7 Å². The Hall–Kier alpha value is -2.56. The molecule has 0 saturated carbocycles. The van der Waals surface area contributed by atoms with Gasteiger partial charge in [-0.2, -0.15) is 13.2 Å². The van der Waals surface area contributed by atoms with Crippen LogP contribution in [0, 0.1) is 0 Å². The number of halogens is 3. The number of nitrogens with one attached hydrogen (secondary N) is 1. The fraction of sp³-hybridized carbons (Fsp3) is 0.0625. The van der Waals surface area contributed by atoms with Gasteiger partial charge >= 0.3 is 12.1 Å². The predicted octanol–water partition coefficient (Wildman–Crippen LogP) is 4.36. The highest BCUT2D eigenvalue weighted by Gasteiger charge is 2.38. The fourth-order valence-electron chi connectivity index (χ4n) is 1.64. The minimum atomic E-state index is -4.88. The number of amides is 1. The van der Waals surface area contributed by atoms with Crippen molar-refractivity contribution in [3.05, 3.63) is 65.7 Å².